The van der Waals surface area contributed by atoms with Crippen molar-refractivity contribution in [2.45, 2.75) is 20.4 Å². The Morgan fingerprint density at radius 2 is 2.05 bits per heavy atom. The number of anilines is 1. The summed E-state index contributed by atoms with van der Waals surface area (Å²) in [5.74, 6) is -1.42. The van der Waals surface area contributed by atoms with Gasteiger partial charge in [0, 0.05) is 11.9 Å². The number of hydrogen-bond acceptors (Lipinski definition) is 3. The van der Waals surface area contributed by atoms with Gasteiger partial charge in [0.05, 0.1) is 0 Å². The predicted octanol–water partition coefficient (Wildman–Crippen LogP) is 1.84. The molecule has 0 spiro atoms. The summed E-state index contributed by atoms with van der Waals surface area (Å²) in [6, 6.07) is 7.10. The molecule has 0 unspecified atom stereocenters. The number of carbonyl (C=O) groups is 2. The molecule has 0 bridgehead atoms. The van der Waals surface area contributed by atoms with Crippen molar-refractivity contribution < 1.29 is 14.7 Å². The maximum atomic E-state index is 12.0. The number of benzene rings is 1. The van der Waals surface area contributed by atoms with Crippen molar-refractivity contribution in [3.63, 3.8) is 0 Å². The lowest BCUT2D eigenvalue weighted by Crippen LogP contribution is -2.22. The molecule has 104 valence electrons. The molecule has 6 nitrogen and oxygen atoms in total. The van der Waals surface area contributed by atoms with E-state index >= 15 is 0 Å². The van der Waals surface area contributed by atoms with Crippen molar-refractivity contribution >= 4 is 17.6 Å². The van der Waals surface area contributed by atoms with Gasteiger partial charge < -0.3 is 10.4 Å². The molecule has 0 atom stereocenters. The van der Waals surface area contributed by atoms with E-state index in [2.05, 4.69) is 10.4 Å². The molecule has 1 heterocycles. The third-order valence-corrected chi connectivity index (χ3v) is 2.90. The Morgan fingerprint density at radius 3 is 2.75 bits per heavy atom. The van der Waals surface area contributed by atoms with Crippen LogP contribution in [0, 0.1) is 13.8 Å². The van der Waals surface area contributed by atoms with Gasteiger partial charge in [-0.1, -0.05) is 12.1 Å². The first-order valence-corrected chi connectivity index (χ1v) is 6.09. The van der Waals surface area contributed by atoms with Gasteiger partial charge in [-0.3, -0.25) is 4.79 Å². The summed E-state index contributed by atoms with van der Waals surface area (Å²) in [5.41, 5.74) is 2.69. The molecule has 0 fully saturated rings. The molecule has 0 saturated heterocycles. The summed E-state index contributed by atoms with van der Waals surface area (Å²) < 4.78 is 1.16. The summed E-state index contributed by atoms with van der Waals surface area (Å²) in [6.07, 6.45) is 1.36. The molecule has 2 N–H and O–H groups in total. The fourth-order valence-electron chi connectivity index (χ4n) is 1.84. The minimum absolute atomic E-state index is 0.0129. The number of carboxylic acids is 1. The highest BCUT2D eigenvalue weighted by Gasteiger charge is 2.13. The lowest BCUT2D eigenvalue weighted by molar-refractivity contribution is -0.116. The lowest BCUT2D eigenvalue weighted by Gasteiger charge is -2.10. The number of hydrogen-bond donors (Lipinski definition) is 2. The van der Waals surface area contributed by atoms with Crippen LogP contribution in [-0.2, 0) is 11.3 Å². The molecule has 20 heavy (non-hydrogen) atoms. The number of amides is 1. The van der Waals surface area contributed by atoms with E-state index in [1.54, 1.807) is 0 Å². The lowest BCUT2D eigenvalue weighted by atomic mass is 10.1. The molecule has 2 aromatic rings. The molecule has 1 aromatic heterocycles. The molecule has 0 aliphatic carbocycles. The summed E-state index contributed by atoms with van der Waals surface area (Å²) in [6.45, 7) is 3.69. The molecular formula is C14H15N3O3. The van der Waals surface area contributed by atoms with Crippen molar-refractivity contribution in [2.75, 3.05) is 5.32 Å². The van der Waals surface area contributed by atoms with E-state index in [1.165, 1.54) is 12.3 Å². The fourth-order valence-corrected chi connectivity index (χ4v) is 1.84. The van der Waals surface area contributed by atoms with Gasteiger partial charge in [-0.25, -0.2) is 9.48 Å². The van der Waals surface area contributed by atoms with Gasteiger partial charge in [-0.15, -0.1) is 0 Å². The fraction of sp³-hybridized carbons (Fsp3) is 0.214. The van der Waals surface area contributed by atoms with Crippen LogP contribution in [0.2, 0.25) is 0 Å². The maximum absolute atomic E-state index is 12.0. The van der Waals surface area contributed by atoms with Crippen LogP contribution in [-0.4, -0.2) is 26.8 Å². The highest BCUT2D eigenvalue weighted by atomic mass is 16.4. The van der Waals surface area contributed by atoms with Gasteiger partial charge in [0.15, 0.2) is 0 Å². The maximum Gasteiger partial charge on any atom is 0.354 e. The van der Waals surface area contributed by atoms with Crippen LogP contribution in [0.4, 0.5) is 5.69 Å². The third-order valence-electron chi connectivity index (χ3n) is 2.90. The number of aromatic carboxylic acids is 1. The molecule has 0 aliphatic heterocycles. The highest BCUT2D eigenvalue weighted by molar-refractivity contribution is 5.92. The number of carboxylic acid groups (broad SMARTS) is 1. The molecule has 0 aliphatic rings. The Balaban J connectivity index is 2.11. The van der Waals surface area contributed by atoms with Gasteiger partial charge in [0.25, 0.3) is 0 Å². The van der Waals surface area contributed by atoms with Gasteiger partial charge >= 0.3 is 5.97 Å². The first-order chi connectivity index (χ1) is 9.47. The van der Waals surface area contributed by atoms with E-state index in [1.807, 2.05) is 32.0 Å². The molecule has 2 rings (SSSR count). The van der Waals surface area contributed by atoms with Crippen molar-refractivity contribution in [3.05, 3.63) is 47.3 Å². The van der Waals surface area contributed by atoms with Gasteiger partial charge in [0.2, 0.25) is 5.91 Å². The topological polar surface area (TPSA) is 84.2 Å². The van der Waals surface area contributed by atoms with E-state index in [-0.39, 0.29) is 18.1 Å². The van der Waals surface area contributed by atoms with Crippen LogP contribution < -0.4 is 5.32 Å². The molecule has 6 heteroatoms. The van der Waals surface area contributed by atoms with Crippen LogP contribution in [0.15, 0.2) is 30.5 Å². The van der Waals surface area contributed by atoms with Gasteiger partial charge in [0.1, 0.15) is 12.2 Å². The normalized spacial score (nSPS) is 10.3. The highest BCUT2D eigenvalue weighted by Crippen LogP contribution is 2.16. The molecule has 1 aromatic carbocycles. The molecule has 0 saturated carbocycles. The smallest absolute Gasteiger partial charge is 0.354 e. The van der Waals surface area contributed by atoms with E-state index in [4.69, 9.17) is 5.11 Å². The number of rotatable bonds is 4. The number of nitrogens with one attached hydrogen (secondary N) is 1. The van der Waals surface area contributed by atoms with Crippen LogP contribution in [0.1, 0.15) is 21.6 Å². The van der Waals surface area contributed by atoms with E-state index in [0.29, 0.717) is 0 Å². The summed E-state index contributed by atoms with van der Waals surface area (Å²) in [7, 11) is 0. The zero-order valence-corrected chi connectivity index (χ0v) is 11.3. The predicted molar refractivity (Wildman–Crippen MR) is 73.7 cm³/mol. The minimum atomic E-state index is -1.11. The Bertz CT molecular complexity index is 661. The van der Waals surface area contributed by atoms with Crippen LogP contribution in [0.25, 0.3) is 0 Å². The first-order valence-electron chi connectivity index (χ1n) is 6.09. The van der Waals surface area contributed by atoms with E-state index < -0.39 is 5.97 Å². The zero-order valence-electron chi connectivity index (χ0n) is 11.3. The first kappa shape index (κ1) is 13.8. The Kier molecular flexibility index (Phi) is 3.84. The molecule has 0 radical (unpaired) electrons. The zero-order chi connectivity index (χ0) is 14.7. The van der Waals surface area contributed by atoms with Crippen LogP contribution in [0.3, 0.4) is 0 Å². The molecular weight excluding hydrogens is 258 g/mol. The molecule has 1 amide bonds. The third kappa shape index (κ3) is 3.03. The Hall–Kier alpha value is -2.63. The van der Waals surface area contributed by atoms with E-state index in [0.717, 1.165) is 21.5 Å². The number of nitrogens with zero attached hydrogens (tertiary/aromatic N) is 2. The van der Waals surface area contributed by atoms with Gasteiger partial charge in [-0.05, 0) is 37.1 Å². The van der Waals surface area contributed by atoms with Crippen LogP contribution in [0.5, 0.6) is 0 Å². The number of carbonyl (C=O) groups excluding carboxylic acids is 1. The summed E-state index contributed by atoms with van der Waals surface area (Å²) >= 11 is 0. The van der Waals surface area contributed by atoms with E-state index in [9.17, 15) is 9.59 Å². The van der Waals surface area contributed by atoms with Crippen molar-refractivity contribution in [1.82, 2.24) is 9.78 Å². The average Bonchev–Trinajstić information content (AvgIpc) is 2.82. The van der Waals surface area contributed by atoms with Gasteiger partial charge in [-0.2, -0.15) is 5.10 Å². The second-order valence-electron chi connectivity index (χ2n) is 4.55. The monoisotopic (exact) mass is 273 g/mol. The summed E-state index contributed by atoms with van der Waals surface area (Å²) in [5, 5.41) is 15.5. The minimum Gasteiger partial charge on any atom is -0.477 e. The quantitative estimate of drug-likeness (QED) is 0.890. The van der Waals surface area contributed by atoms with Crippen molar-refractivity contribution in [3.8, 4) is 0 Å². The van der Waals surface area contributed by atoms with Crippen molar-refractivity contribution in [2.24, 2.45) is 0 Å². The Morgan fingerprint density at radius 1 is 1.30 bits per heavy atom. The standard InChI is InChI=1S/C14H15N3O3/c1-9-3-4-10(2)11(7-9)16-13(18)8-17-12(14(19)20)5-6-15-17/h3-7H,8H2,1-2H3,(H,16,18)(H,19,20). The average molecular weight is 273 g/mol. The SMILES string of the molecule is Cc1ccc(C)c(NC(=O)Cn2nccc2C(=O)O)c1. The largest absolute Gasteiger partial charge is 0.477 e. The second-order valence-corrected chi connectivity index (χ2v) is 4.55. The number of aryl methyl sites for hydroxylation is 2. The van der Waals surface area contributed by atoms with Crippen LogP contribution >= 0.6 is 0 Å². The number of aromatic nitrogens is 2. The summed E-state index contributed by atoms with van der Waals surface area (Å²) in [4.78, 5) is 22.9. The van der Waals surface area contributed by atoms with Crippen molar-refractivity contribution in [1.29, 1.82) is 0 Å². The Labute approximate surface area is 116 Å². The second kappa shape index (κ2) is 5.56.